The first-order chi connectivity index (χ1) is 11.1. The summed E-state index contributed by atoms with van der Waals surface area (Å²) in [5, 5.41) is 7.20. The lowest BCUT2D eigenvalue weighted by molar-refractivity contribution is -0.131. The van der Waals surface area contributed by atoms with Crippen LogP contribution in [0.4, 0.5) is 5.13 Å². The summed E-state index contributed by atoms with van der Waals surface area (Å²) in [6, 6.07) is 10.3. The fraction of sp³-hybridized carbons (Fsp3) is 0.0625. The van der Waals surface area contributed by atoms with Gasteiger partial charge in [-0.1, -0.05) is 6.07 Å². The fourth-order valence-corrected chi connectivity index (χ4v) is 3.34. The molecule has 0 unspecified atom stereocenters. The van der Waals surface area contributed by atoms with Crippen molar-refractivity contribution in [3.05, 3.63) is 52.7 Å². The number of amides is 1. The first kappa shape index (κ1) is 15.4. The van der Waals surface area contributed by atoms with Crippen molar-refractivity contribution in [2.75, 3.05) is 5.32 Å². The maximum Gasteiger partial charge on any atom is 0.308 e. The Morgan fingerprint density at radius 1 is 1.13 bits per heavy atom. The number of thiazole rings is 1. The summed E-state index contributed by atoms with van der Waals surface area (Å²) in [6.45, 7) is 1.33. The lowest BCUT2D eigenvalue weighted by Crippen LogP contribution is -2.11. The monoisotopic (exact) mass is 344 g/mol. The van der Waals surface area contributed by atoms with Gasteiger partial charge in [-0.2, -0.15) is 0 Å². The molecule has 0 radical (unpaired) electrons. The fourth-order valence-electron chi connectivity index (χ4n) is 1.88. The van der Waals surface area contributed by atoms with Gasteiger partial charge in [-0.3, -0.25) is 14.9 Å². The van der Waals surface area contributed by atoms with E-state index in [1.165, 1.54) is 18.3 Å². The molecule has 7 heteroatoms. The van der Waals surface area contributed by atoms with Crippen LogP contribution in [0.1, 0.15) is 17.3 Å². The van der Waals surface area contributed by atoms with Crippen molar-refractivity contribution in [1.29, 1.82) is 0 Å². The van der Waals surface area contributed by atoms with Crippen LogP contribution < -0.4 is 10.1 Å². The summed E-state index contributed by atoms with van der Waals surface area (Å²) in [5.41, 5.74) is 1.32. The average molecular weight is 344 g/mol. The number of nitrogens with zero attached hydrogens (tertiary/aromatic N) is 1. The topological polar surface area (TPSA) is 68.3 Å². The number of esters is 1. The Kier molecular flexibility index (Phi) is 4.50. The number of aromatic nitrogens is 1. The first-order valence-corrected chi connectivity index (χ1v) is 8.47. The van der Waals surface area contributed by atoms with Crippen LogP contribution >= 0.6 is 22.7 Å². The van der Waals surface area contributed by atoms with E-state index in [1.807, 2.05) is 22.9 Å². The van der Waals surface area contributed by atoms with Gasteiger partial charge in [0.25, 0.3) is 5.91 Å². The van der Waals surface area contributed by atoms with Crippen molar-refractivity contribution >= 4 is 39.7 Å². The predicted molar refractivity (Wildman–Crippen MR) is 91.1 cm³/mol. The molecule has 0 saturated heterocycles. The molecular formula is C16H12N2O3S2. The minimum Gasteiger partial charge on any atom is -0.427 e. The molecule has 0 fully saturated rings. The van der Waals surface area contributed by atoms with Crippen molar-refractivity contribution in [3.63, 3.8) is 0 Å². The second kappa shape index (κ2) is 6.72. The van der Waals surface area contributed by atoms with Crippen LogP contribution in [0.25, 0.3) is 10.6 Å². The molecule has 2 heterocycles. The van der Waals surface area contributed by atoms with Gasteiger partial charge in [-0.25, -0.2) is 4.98 Å². The van der Waals surface area contributed by atoms with E-state index in [2.05, 4.69) is 10.3 Å². The Morgan fingerprint density at radius 3 is 2.57 bits per heavy atom. The number of thiophene rings is 1. The number of nitrogens with one attached hydrogen (secondary N) is 1. The molecule has 116 valence electrons. The molecule has 0 aliphatic heterocycles. The number of ether oxygens (including phenoxy) is 1. The van der Waals surface area contributed by atoms with Gasteiger partial charge < -0.3 is 4.74 Å². The highest BCUT2D eigenvalue weighted by Gasteiger charge is 2.11. The Labute approximate surface area is 140 Å². The van der Waals surface area contributed by atoms with E-state index in [0.717, 1.165) is 10.6 Å². The van der Waals surface area contributed by atoms with E-state index in [-0.39, 0.29) is 5.91 Å². The molecule has 0 aliphatic rings. The van der Waals surface area contributed by atoms with Gasteiger partial charge in [0.1, 0.15) is 5.75 Å². The molecule has 0 bridgehead atoms. The molecular weight excluding hydrogens is 332 g/mol. The van der Waals surface area contributed by atoms with Crippen molar-refractivity contribution in [2.45, 2.75) is 6.92 Å². The summed E-state index contributed by atoms with van der Waals surface area (Å²) < 4.78 is 4.93. The van der Waals surface area contributed by atoms with E-state index in [4.69, 9.17) is 4.74 Å². The zero-order valence-electron chi connectivity index (χ0n) is 12.1. The highest BCUT2D eigenvalue weighted by Crippen LogP contribution is 2.28. The second-order valence-electron chi connectivity index (χ2n) is 4.59. The first-order valence-electron chi connectivity index (χ1n) is 6.71. The quantitative estimate of drug-likeness (QED) is 0.573. The van der Waals surface area contributed by atoms with Gasteiger partial charge >= 0.3 is 5.97 Å². The minimum absolute atomic E-state index is 0.258. The summed E-state index contributed by atoms with van der Waals surface area (Å²) in [7, 11) is 0. The van der Waals surface area contributed by atoms with Crippen LogP contribution in [0.3, 0.4) is 0 Å². The molecule has 2 aromatic heterocycles. The molecule has 1 aromatic carbocycles. The third-order valence-corrected chi connectivity index (χ3v) is 4.53. The largest absolute Gasteiger partial charge is 0.427 e. The molecule has 0 spiro atoms. The van der Waals surface area contributed by atoms with Crippen molar-refractivity contribution in [3.8, 4) is 16.3 Å². The van der Waals surface area contributed by atoms with Gasteiger partial charge in [0.05, 0.1) is 10.6 Å². The van der Waals surface area contributed by atoms with Crippen molar-refractivity contribution in [1.82, 2.24) is 4.98 Å². The van der Waals surface area contributed by atoms with Crippen LogP contribution in [0.15, 0.2) is 47.2 Å². The smallest absolute Gasteiger partial charge is 0.308 e. The molecule has 3 rings (SSSR count). The van der Waals surface area contributed by atoms with Crippen LogP contribution in [0, 0.1) is 0 Å². The summed E-state index contributed by atoms with van der Waals surface area (Å²) in [4.78, 5) is 28.5. The third-order valence-electron chi connectivity index (χ3n) is 2.88. The predicted octanol–water partition coefficient (Wildman–Crippen LogP) is 4.05. The number of carbonyl (C=O) groups excluding carboxylic acids is 2. The SMILES string of the molecule is CC(=O)Oc1ccc(C(=O)Nc2nc(-c3cccs3)cs2)cc1. The summed E-state index contributed by atoms with van der Waals surface area (Å²) >= 11 is 2.98. The van der Waals surface area contributed by atoms with E-state index in [1.54, 1.807) is 35.6 Å². The molecule has 1 amide bonds. The van der Waals surface area contributed by atoms with Crippen LogP contribution in [-0.4, -0.2) is 16.9 Å². The van der Waals surface area contributed by atoms with E-state index < -0.39 is 5.97 Å². The Bertz CT molecular complexity index is 823. The molecule has 23 heavy (non-hydrogen) atoms. The lowest BCUT2D eigenvalue weighted by Gasteiger charge is -2.04. The normalized spacial score (nSPS) is 10.3. The second-order valence-corrected chi connectivity index (χ2v) is 6.39. The van der Waals surface area contributed by atoms with Crippen LogP contribution in [0.2, 0.25) is 0 Å². The Balaban J connectivity index is 1.68. The number of benzene rings is 1. The summed E-state index contributed by atoms with van der Waals surface area (Å²) in [5.74, 6) is -0.249. The molecule has 0 saturated carbocycles. The molecule has 1 N–H and O–H groups in total. The van der Waals surface area contributed by atoms with Gasteiger partial charge in [0.15, 0.2) is 5.13 Å². The number of anilines is 1. The van der Waals surface area contributed by atoms with Gasteiger partial charge in [0, 0.05) is 17.9 Å². The van der Waals surface area contributed by atoms with Crippen LogP contribution in [0.5, 0.6) is 5.75 Å². The zero-order chi connectivity index (χ0) is 16.2. The minimum atomic E-state index is -0.397. The Hall–Kier alpha value is -2.51. The van der Waals surface area contributed by atoms with E-state index in [0.29, 0.717) is 16.4 Å². The molecule has 0 aliphatic carbocycles. The standard InChI is InChI=1S/C16H12N2O3S2/c1-10(19)21-12-6-4-11(5-7-12)15(20)18-16-17-13(9-23-16)14-3-2-8-22-14/h2-9H,1H3,(H,17,18,20). The van der Waals surface area contributed by atoms with E-state index in [9.17, 15) is 9.59 Å². The third kappa shape index (κ3) is 3.82. The highest BCUT2D eigenvalue weighted by atomic mass is 32.1. The number of rotatable bonds is 4. The summed E-state index contributed by atoms with van der Waals surface area (Å²) in [6.07, 6.45) is 0. The highest BCUT2D eigenvalue weighted by molar-refractivity contribution is 7.16. The average Bonchev–Trinajstić information content (AvgIpc) is 3.18. The maximum atomic E-state index is 12.2. The number of hydrogen-bond donors (Lipinski definition) is 1. The van der Waals surface area contributed by atoms with Gasteiger partial charge in [-0.15, -0.1) is 22.7 Å². The molecule has 3 aromatic rings. The molecule has 5 nitrogen and oxygen atoms in total. The van der Waals surface area contributed by atoms with Crippen molar-refractivity contribution in [2.24, 2.45) is 0 Å². The number of carbonyl (C=O) groups is 2. The van der Waals surface area contributed by atoms with Crippen LogP contribution in [-0.2, 0) is 4.79 Å². The van der Waals surface area contributed by atoms with Crippen molar-refractivity contribution < 1.29 is 14.3 Å². The van der Waals surface area contributed by atoms with E-state index >= 15 is 0 Å². The van der Waals surface area contributed by atoms with Gasteiger partial charge in [0.2, 0.25) is 0 Å². The Morgan fingerprint density at radius 2 is 1.91 bits per heavy atom. The van der Waals surface area contributed by atoms with Gasteiger partial charge in [-0.05, 0) is 35.7 Å². The lowest BCUT2D eigenvalue weighted by atomic mass is 10.2. The zero-order valence-corrected chi connectivity index (χ0v) is 13.7. The number of hydrogen-bond acceptors (Lipinski definition) is 6. The maximum absolute atomic E-state index is 12.2. The molecule has 0 atom stereocenters.